The van der Waals surface area contributed by atoms with E-state index < -0.39 is 0 Å². The van der Waals surface area contributed by atoms with Crippen molar-refractivity contribution in [2.24, 2.45) is 0 Å². The van der Waals surface area contributed by atoms with Crippen molar-refractivity contribution in [2.75, 3.05) is 7.05 Å². The zero-order valence-corrected chi connectivity index (χ0v) is 25.6. The summed E-state index contributed by atoms with van der Waals surface area (Å²) in [7, 11) is 1.54. The fourth-order valence-corrected chi connectivity index (χ4v) is 9.47. The van der Waals surface area contributed by atoms with Gasteiger partial charge < -0.3 is 0 Å². The van der Waals surface area contributed by atoms with Crippen LogP contribution in [-0.4, -0.2) is 46.5 Å². The summed E-state index contributed by atoms with van der Waals surface area (Å²) < 4.78 is 0. The van der Waals surface area contributed by atoms with E-state index in [1.54, 1.807) is 4.90 Å². The Morgan fingerprint density at radius 3 is 1.06 bits per heavy atom. The lowest BCUT2D eigenvalue weighted by molar-refractivity contribution is 0.0501. The third-order valence-corrected chi connectivity index (χ3v) is 11.6. The maximum absolute atomic E-state index is 14.0. The highest BCUT2D eigenvalue weighted by Gasteiger charge is 2.39. The van der Waals surface area contributed by atoms with Crippen LogP contribution in [0.2, 0.25) is 0 Å². The number of rotatable bonds is 1. The van der Waals surface area contributed by atoms with Gasteiger partial charge in [0.25, 0.3) is 23.6 Å². The van der Waals surface area contributed by atoms with E-state index in [-0.39, 0.29) is 29.7 Å². The Morgan fingerprint density at radius 1 is 0.404 bits per heavy atom. The Balaban J connectivity index is 1.25. The molecule has 0 saturated heterocycles. The van der Waals surface area contributed by atoms with Crippen molar-refractivity contribution in [3.05, 3.63) is 95.1 Å². The van der Waals surface area contributed by atoms with Crippen LogP contribution in [0.4, 0.5) is 0 Å². The van der Waals surface area contributed by atoms with E-state index in [2.05, 4.69) is 36.4 Å². The molecule has 0 bridgehead atoms. The monoisotopic (exact) mass is 610 g/mol. The number of imide groups is 2. The van der Waals surface area contributed by atoms with Gasteiger partial charge in [0.1, 0.15) is 0 Å². The topological polar surface area (TPSA) is 74.8 Å². The highest BCUT2D eigenvalue weighted by Crippen LogP contribution is 2.50. The van der Waals surface area contributed by atoms with Crippen LogP contribution in [0, 0.1) is 0 Å². The second kappa shape index (κ2) is 8.39. The van der Waals surface area contributed by atoms with Gasteiger partial charge >= 0.3 is 0 Å². The minimum absolute atomic E-state index is 0.0401. The first kappa shape index (κ1) is 25.6. The molecular formula is C41H26N2O4. The number of nitrogens with zero attached hydrogens (tertiary/aromatic N) is 2. The van der Waals surface area contributed by atoms with Crippen LogP contribution >= 0.6 is 0 Å². The molecule has 1 fully saturated rings. The minimum Gasteiger partial charge on any atom is -0.277 e. The lowest BCUT2D eigenvalue weighted by Crippen LogP contribution is -2.47. The van der Waals surface area contributed by atoms with Crippen LogP contribution < -0.4 is 0 Å². The van der Waals surface area contributed by atoms with Crippen LogP contribution in [0.15, 0.2) is 72.8 Å². The summed E-state index contributed by atoms with van der Waals surface area (Å²) >= 11 is 0. The summed E-state index contributed by atoms with van der Waals surface area (Å²) in [4.78, 5) is 57.2. The number of amides is 4. The Bertz CT molecular complexity index is 2660. The van der Waals surface area contributed by atoms with Gasteiger partial charge in [-0.1, -0.05) is 67.8 Å². The lowest BCUT2D eigenvalue weighted by atomic mass is 9.80. The van der Waals surface area contributed by atoms with Crippen LogP contribution in [0.1, 0.15) is 73.5 Å². The van der Waals surface area contributed by atoms with Gasteiger partial charge in [0.2, 0.25) is 0 Å². The molecular weight excluding hydrogens is 584 g/mol. The average Bonchev–Trinajstić information content (AvgIpc) is 3.11. The van der Waals surface area contributed by atoms with Crippen LogP contribution in [-0.2, 0) is 0 Å². The molecule has 6 heteroatoms. The third-order valence-electron chi connectivity index (χ3n) is 11.6. The molecule has 8 aromatic carbocycles. The van der Waals surface area contributed by atoms with Gasteiger partial charge in [0.05, 0.1) is 0 Å². The van der Waals surface area contributed by atoms with Gasteiger partial charge in [-0.15, -0.1) is 0 Å². The zero-order chi connectivity index (χ0) is 31.5. The van der Waals surface area contributed by atoms with Gasteiger partial charge in [0, 0.05) is 46.1 Å². The Hall–Kier alpha value is -5.62. The molecule has 224 valence electrons. The van der Waals surface area contributed by atoms with Crippen molar-refractivity contribution in [1.82, 2.24) is 9.80 Å². The summed E-state index contributed by atoms with van der Waals surface area (Å²) in [6.07, 6.45) is 4.98. The Labute approximate surface area is 267 Å². The summed E-state index contributed by atoms with van der Waals surface area (Å²) in [5, 5.41) is 14.0. The van der Waals surface area contributed by atoms with Gasteiger partial charge in [-0.2, -0.15) is 0 Å². The summed E-state index contributed by atoms with van der Waals surface area (Å²) in [5.41, 5.74) is 2.33. The van der Waals surface area contributed by atoms with E-state index in [1.807, 2.05) is 36.4 Å². The van der Waals surface area contributed by atoms with Crippen molar-refractivity contribution < 1.29 is 19.2 Å². The van der Waals surface area contributed by atoms with E-state index >= 15 is 0 Å². The summed E-state index contributed by atoms with van der Waals surface area (Å²) in [5.74, 6) is -0.905. The molecule has 0 atom stereocenters. The predicted octanol–water partition coefficient (Wildman–Crippen LogP) is 8.79. The van der Waals surface area contributed by atoms with E-state index in [4.69, 9.17) is 0 Å². The molecule has 1 aliphatic carbocycles. The second-order valence-electron chi connectivity index (χ2n) is 13.7. The van der Waals surface area contributed by atoms with Crippen molar-refractivity contribution in [3.63, 3.8) is 0 Å². The molecule has 11 rings (SSSR count). The number of hydrogen-bond donors (Lipinski definition) is 0. The third kappa shape index (κ3) is 2.85. The van der Waals surface area contributed by atoms with Crippen LogP contribution in [0.5, 0.6) is 0 Å². The highest BCUT2D eigenvalue weighted by molar-refractivity contribution is 6.45. The maximum atomic E-state index is 14.0. The highest BCUT2D eigenvalue weighted by atomic mass is 16.2. The van der Waals surface area contributed by atoms with Crippen LogP contribution in [0.25, 0.3) is 75.4 Å². The molecule has 0 aromatic heterocycles. The smallest absolute Gasteiger partial charge is 0.261 e. The molecule has 0 spiro atoms. The average molecular weight is 611 g/mol. The molecule has 4 amide bonds. The fraction of sp³-hybridized carbons (Fsp3) is 0.171. The fourth-order valence-electron chi connectivity index (χ4n) is 9.47. The minimum atomic E-state index is -0.280. The zero-order valence-electron chi connectivity index (χ0n) is 25.6. The van der Waals surface area contributed by atoms with E-state index in [0.717, 1.165) is 108 Å². The molecule has 1 saturated carbocycles. The Morgan fingerprint density at radius 2 is 0.702 bits per heavy atom. The normalized spacial score (nSPS) is 17.5. The molecule has 0 N–H and O–H groups in total. The molecule has 8 aromatic rings. The molecule has 2 aliphatic heterocycles. The van der Waals surface area contributed by atoms with Crippen molar-refractivity contribution in [2.45, 2.75) is 38.1 Å². The van der Waals surface area contributed by atoms with Crippen molar-refractivity contribution in [1.29, 1.82) is 0 Å². The van der Waals surface area contributed by atoms with Crippen LogP contribution in [0.3, 0.4) is 0 Å². The van der Waals surface area contributed by atoms with E-state index in [9.17, 15) is 19.2 Å². The molecule has 3 aliphatic rings. The SMILES string of the molecule is CN1C(=O)c2ccc3c4ccc5c6ccc7c8c(ccc(c9ccc(c%10ccc(c2c3%10)C1=O)c4c59)c86)C(=O)N(C1CCCCC1)C7=O. The first-order valence-electron chi connectivity index (χ1n) is 16.4. The van der Waals surface area contributed by atoms with Crippen molar-refractivity contribution in [3.8, 4) is 0 Å². The van der Waals surface area contributed by atoms with E-state index in [1.165, 1.54) is 11.9 Å². The molecule has 0 unspecified atom stereocenters. The lowest BCUT2D eigenvalue weighted by Gasteiger charge is -2.36. The first-order chi connectivity index (χ1) is 22.9. The second-order valence-corrected chi connectivity index (χ2v) is 13.7. The van der Waals surface area contributed by atoms with Gasteiger partial charge in [-0.3, -0.25) is 29.0 Å². The number of fused-ring (bicyclic) bond motifs is 4. The molecule has 47 heavy (non-hydrogen) atoms. The van der Waals surface area contributed by atoms with Gasteiger partial charge in [-0.05, 0) is 102 Å². The summed E-state index contributed by atoms with van der Waals surface area (Å²) in [6.45, 7) is 0. The summed E-state index contributed by atoms with van der Waals surface area (Å²) in [6, 6.07) is 24.3. The standard InChI is InChI=1S/C41H26N2O4/c1-42-38(44)28-15-11-24-20-7-9-22-26-13-17-30-37-31(41(47)43(40(30)46)19-5-3-2-4-6-19)18-14-27(35(26)37)23-10-8-21(32(20)33(22)23)25-12-16-29(39(42)45)36(28)34(24)25/h7-19H,2-6H2,1H3. The number of benzene rings is 8. The number of carbonyl (C=O) groups excluding carboxylic acids is 4. The number of carbonyl (C=O) groups is 4. The number of hydrogen-bond acceptors (Lipinski definition) is 4. The van der Waals surface area contributed by atoms with Gasteiger partial charge in [-0.25, -0.2) is 0 Å². The van der Waals surface area contributed by atoms with Crippen molar-refractivity contribution >= 4 is 99.0 Å². The molecule has 6 nitrogen and oxygen atoms in total. The largest absolute Gasteiger partial charge is 0.277 e. The first-order valence-corrected chi connectivity index (χ1v) is 16.4. The maximum Gasteiger partial charge on any atom is 0.261 e. The quantitative estimate of drug-likeness (QED) is 0.106. The predicted molar refractivity (Wildman–Crippen MR) is 185 cm³/mol. The Kier molecular flexibility index (Phi) is 4.56. The van der Waals surface area contributed by atoms with E-state index in [0.29, 0.717) is 22.3 Å². The van der Waals surface area contributed by atoms with Gasteiger partial charge in [0.15, 0.2) is 0 Å². The molecule has 2 heterocycles. The molecule has 0 radical (unpaired) electrons.